The highest BCUT2D eigenvalue weighted by Crippen LogP contribution is 2.28. The van der Waals surface area contributed by atoms with Crippen molar-refractivity contribution in [3.8, 4) is 11.5 Å². The van der Waals surface area contributed by atoms with Crippen LogP contribution in [0.5, 0.6) is 11.5 Å². The maximum absolute atomic E-state index is 12.8. The zero-order chi connectivity index (χ0) is 26.4. The van der Waals surface area contributed by atoms with Crippen LogP contribution in [0.3, 0.4) is 0 Å². The highest BCUT2D eigenvalue weighted by atomic mass is 16.5. The molecular weight excluding hydrogens is 478 g/mol. The Morgan fingerprint density at radius 3 is 2.41 bits per heavy atom. The first kappa shape index (κ1) is 25.5. The number of esters is 1. The fourth-order valence-corrected chi connectivity index (χ4v) is 3.86. The molecule has 2 aromatic carbocycles. The maximum atomic E-state index is 12.8. The van der Waals surface area contributed by atoms with Gasteiger partial charge in [0.15, 0.2) is 23.9 Å². The molecule has 1 fully saturated rings. The number of nitrogens with one attached hydrogen (secondary N) is 1. The van der Waals surface area contributed by atoms with Crippen LogP contribution in [0.2, 0.25) is 0 Å². The Kier molecular flexibility index (Phi) is 7.89. The van der Waals surface area contributed by atoms with Crippen LogP contribution < -0.4 is 19.7 Å². The summed E-state index contributed by atoms with van der Waals surface area (Å²) in [6, 6.07) is 13.5. The molecule has 1 aliphatic heterocycles. The molecule has 1 aliphatic rings. The molecule has 10 heteroatoms. The van der Waals surface area contributed by atoms with Gasteiger partial charge in [0.2, 0.25) is 5.91 Å². The lowest BCUT2D eigenvalue weighted by Gasteiger charge is -2.16. The van der Waals surface area contributed by atoms with E-state index in [1.165, 1.54) is 44.6 Å². The minimum atomic E-state index is -0.713. The third-order valence-electron chi connectivity index (χ3n) is 5.82. The fraction of sp³-hybridized carbons (Fsp3) is 0.222. The van der Waals surface area contributed by atoms with Gasteiger partial charge in [-0.3, -0.25) is 19.4 Å². The Morgan fingerprint density at radius 2 is 1.73 bits per heavy atom. The van der Waals surface area contributed by atoms with E-state index in [1.807, 2.05) is 6.07 Å². The predicted molar refractivity (Wildman–Crippen MR) is 133 cm³/mol. The zero-order valence-corrected chi connectivity index (χ0v) is 20.3. The fourth-order valence-electron chi connectivity index (χ4n) is 3.86. The quantitative estimate of drug-likeness (QED) is 0.252. The van der Waals surface area contributed by atoms with Gasteiger partial charge >= 0.3 is 5.97 Å². The lowest BCUT2D eigenvalue weighted by Crippen LogP contribution is -2.38. The molecule has 1 atom stereocenters. The number of ketones is 1. The van der Waals surface area contributed by atoms with Gasteiger partial charge in [0.25, 0.3) is 5.91 Å². The first-order chi connectivity index (χ1) is 17.9. The van der Waals surface area contributed by atoms with Crippen molar-refractivity contribution in [1.29, 1.82) is 0 Å². The van der Waals surface area contributed by atoms with Crippen molar-refractivity contribution in [2.24, 2.45) is 0 Å². The highest BCUT2D eigenvalue weighted by molar-refractivity contribution is 6.22. The molecule has 0 saturated carbocycles. The largest absolute Gasteiger partial charge is 0.493 e. The molecule has 2 amide bonds. The molecule has 1 unspecified atom stereocenters. The van der Waals surface area contributed by atoms with Crippen LogP contribution in [0.25, 0.3) is 0 Å². The molecule has 0 aliphatic carbocycles. The van der Waals surface area contributed by atoms with E-state index in [9.17, 15) is 19.2 Å². The van der Waals surface area contributed by atoms with Crippen molar-refractivity contribution in [2.45, 2.75) is 19.0 Å². The number of pyridine rings is 1. The second-order valence-corrected chi connectivity index (χ2v) is 8.18. The first-order valence-corrected chi connectivity index (χ1v) is 11.4. The number of nitrogens with zero attached hydrogens (tertiary/aromatic N) is 2. The minimum Gasteiger partial charge on any atom is -0.493 e. The Balaban J connectivity index is 1.34. The van der Waals surface area contributed by atoms with Gasteiger partial charge in [-0.25, -0.2) is 9.69 Å². The van der Waals surface area contributed by atoms with Crippen molar-refractivity contribution >= 4 is 29.3 Å². The van der Waals surface area contributed by atoms with E-state index in [1.54, 1.807) is 30.6 Å². The number of benzene rings is 2. The van der Waals surface area contributed by atoms with Crippen molar-refractivity contribution in [2.75, 3.05) is 25.7 Å². The van der Waals surface area contributed by atoms with E-state index in [0.717, 1.165) is 10.5 Å². The second-order valence-electron chi connectivity index (χ2n) is 8.18. The molecule has 0 radical (unpaired) electrons. The molecule has 3 aromatic rings. The number of imide groups is 1. The van der Waals surface area contributed by atoms with Crippen LogP contribution in [-0.4, -0.2) is 55.4 Å². The van der Waals surface area contributed by atoms with E-state index in [-0.39, 0.29) is 23.8 Å². The summed E-state index contributed by atoms with van der Waals surface area (Å²) in [6.45, 7) is -0.0678. The Morgan fingerprint density at radius 1 is 1.00 bits per heavy atom. The number of carbonyl (C=O) groups excluding carboxylic acids is 4. The number of methoxy groups -OCH3 is 2. The number of ether oxygens (including phenoxy) is 3. The third kappa shape index (κ3) is 5.81. The van der Waals surface area contributed by atoms with Gasteiger partial charge in [0.05, 0.1) is 37.9 Å². The molecule has 0 bridgehead atoms. The van der Waals surface area contributed by atoms with Crippen LogP contribution in [0.1, 0.15) is 32.7 Å². The summed E-state index contributed by atoms with van der Waals surface area (Å²) in [4.78, 5) is 55.4. The molecule has 0 spiro atoms. The van der Waals surface area contributed by atoms with E-state index in [0.29, 0.717) is 29.3 Å². The maximum Gasteiger partial charge on any atom is 0.338 e. The molecule has 37 heavy (non-hydrogen) atoms. The SMILES string of the molecule is COc1ccc(C(=O)COC(=O)c2ccc(N3C(=O)CC(NCc4cccnc4)C3=O)cc2)cc1OC. The standard InChI is InChI=1S/C27H25N3O7/c1-35-23-10-7-19(12-24(23)36-2)22(31)16-37-27(34)18-5-8-20(9-6-18)30-25(32)13-21(26(30)33)29-15-17-4-3-11-28-14-17/h3-12,14,21,29H,13,15-16H2,1-2H3. The summed E-state index contributed by atoms with van der Waals surface area (Å²) in [5.74, 6) is -0.980. The molecule has 10 nitrogen and oxygen atoms in total. The smallest absolute Gasteiger partial charge is 0.338 e. The van der Waals surface area contributed by atoms with Gasteiger partial charge in [-0.15, -0.1) is 0 Å². The van der Waals surface area contributed by atoms with E-state index in [4.69, 9.17) is 14.2 Å². The van der Waals surface area contributed by atoms with Crippen LogP contribution in [0.4, 0.5) is 5.69 Å². The first-order valence-electron chi connectivity index (χ1n) is 11.4. The van der Waals surface area contributed by atoms with Gasteiger partial charge in [-0.2, -0.15) is 0 Å². The number of rotatable bonds is 10. The van der Waals surface area contributed by atoms with Gasteiger partial charge in [-0.05, 0) is 54.1 Å². The highest BCUT2D eigenvalue weighted by Gasteiger charge is 2.39. The molecule has 1 saturated heterocycles. The van der Waals surface area contributed by atoms with Crippen molar-refractivity contribution in [3.63, 3.8) is 0 Å². The van der Waals surface area contributed by atoms with Gasteiger partial charge < -0.3 is 19.5 Å². The van der Waals surface area contributed by atoms with E-state index < -0.39 is 24.4 Å². The van der Waals surface area contributed by atoms with Gasteiger partial charge in [-0.1, -0.05) is 6.07 Å². The summed E-state index contributed by atoms with van der Waals surface area (Å²) in [5.41, 5.74) is 1.72. The number of aromatic nitrogens is 1. The number of hydrogen-bond donors (Lipinski definition) is 1. The number of Topliss-reactive ketones (excluding diaryl/α,β-unsaturated/α-hetero) is 1. The monoisotopic (exact) mass is 503 g/mol. The third-order valence-corrected chi connectivity index (χ3v) is 5.82. The van der Waals surface area contributed by atoms with Crippen molar-refractivity contribution in [3.05, 3.63) is 83.7 Å². The van der Waals surface area contributed by atoms with E-state index in [2.05, 4.69) is 10.3 Å². The normalized spacial score (nSPS) is 15.0. The number of hydrogen-bond acceptors (Lipinski definition) is 9. The summed E-state index contributed by atoms with van der Waals surface area (Å²) in [5, 5.41) is 3.09. The van der Waals surface area contributed by atoms with Crippen LogP contribution in [0, 0.1) is 0 Å². The molecule has 4 rings (SSSR count). The lowest BCUT2D eigenvalue weighted by atomic mass is 10.1. The lowest BCUT2D eigenvalue weighted by molar-refractivity contribution is -0.121. The van der Waals surface area contributed by atoms with Gasteiger partial charge in [0.1, 0.15) is 0 Å². The molecular formula is C27H25N3O7. The molecule has 1 aromatic heterocycles. The molecule has 2 heterocycles. The average molecular weight is 504 g/mol. The average Bonchev–Trinajstić information content (AvgIpc) is 3.22. The number of anilines is 1. The topological polar surface area (TPSA) is 124 Å². The summed E-state index contributed by atoms with van der Waals surface area (Å²) >= 11 is 0. The van der Waals surface area contributed by atoms with Crippen LogP contribution in [-0.2, 0) is 20.9 Å². The van der Waals surface area contributed by atoms with Crippen LogP contribution >= 0.6 is 0 Å². The predicted octanol–water partition coefficient (Wildman–Crippen LogP) is 2.56. The molecule has 190 valence electrons. The van der Waals surface area contributed by atoms with Gasteiger partial charge in [0, 0.05) is 24.5 Å². The van der Waals surface area contributed by atoms with E-state index >= 15 is 0 Å². The second kappa shape index (κ2) is 11.4. The summed E-state index contributed by atoms with van der Waals surface area (Å²) < 4.78 is 15.5. The Labute approximate surface area is 213 Å². The Hall–Kier alpha value is -4.57. The molecule has 1 N–H and O–H groups in total. The number of amides is 2. The zero-order valence-electron chi connectivity index (χ0n) is 20.3. The van der Waals surface area contributed by atoms with Crippen molar-refractivity contribution in [1.82, 2.24) is 10.3 Å². The minimum absolute atomic E-state index is 0.0289. The summed E-state index contributed by atoms with van der Waals surface area (Å²) in [7, 11) is 2.94. The Bertz CT molecular complexity index is 1310. The summed E-state index contributed by atoms with van der Waals surface area (Å²) in [6.07, 6.45) is 3.37. The number of carbonyl (C=O) groups is 4. The van der Waals surface area contributed by atoms with Crippen molar-refractivity contribution < 1.29 is 33.4 Å². The van der Waals surface area contributed by atoms with Crippen LogP contribution in [0.15, 0.2) is 67.0 Å².